The van der Waals surface area contributed by atoms with Gasteiger partial charge in [-0.1, -0.05) is 0 Å². The van der Waals surface area contributed by atoms with Crippen LogP contribution < -0.4 is 5.32 Å². The maximum Gasteiger partial charge on any atom is 0.308 e. The topological polar surface area (TPSA) is 64.6 Å². The third-order valence-electron chi connectivity index (χ3n) is 7.94. The Labute approximate surface area is 176 Å². The molecule has 2 aliphatic carbocycles. The SMILES string of the molecule is COC(=O)C1CCC(C2CCC(C(=O)OCC3CC(C)(C)NC3(C)C)CC2)CC1. The largest absolute Gasteiger partial charge is 0.469 e. The molecule has 3 rings (SSSR count). The number of carbonyl (C=O) groups is 2. The highest BCUT2D eigenvalue weighted by atomic mass is 16.5. The number of hydrogen-bond donors (Lipinski definition) is 1. The molecular weight excluding hydrogens is 366 g/mol. The summed E-state index contributed by atoms with van der Waals surface area (Å²) >= 11 is 0. The second-order valence-corrected chi connectivity index (χ2v) is 11.0. The summed E-state index contributed by atoms with van der Waals surface area (Å²) in [6.45, 7) is 9.38. The van der Waals surface area contributed by atoms with Crippen molar-refractivity contribution in [3.63, 3.8) is 0 Å². The van der Waals surface area contributed by atoms with Crippen molar-refractivity contribution in [1.29, 1.82) is 0 Å². The first-order chi connectivity index (χ1) is 13.6. The molecule has 3 fully saturated rings. The number of esters is 2. The molecule has 2 saturated carbocycles. The summed E-state index contributed by atoms with van der Waals surface area (Å²) in [5, 5.41) is 3.66. The normalized spacial score (nSPS) is 36.4. The molecule has 1 heterocycles. The Hall–Kier alpha value is -1.10. The van der Waals surface area contributed by atoms with E-state index in [0.29, 0.717) is 24.4 Å². The standard InChI is InChI=1S/C24H41NO4/c1-23(2)14-20(24(3,4)25-23)15-29-22(27)19-12-8-17(9-13-19)16-6-10-18(11-7-16)21(26)28-5/h16-20,25H,6-15H2,1-5H3. The van der Waals surface area contributed by atoms with Crippen LogP contribution in [-0.2, 0) is 19.1 Å². The quantitative estimate of drug-likeness (QED) is 0.681. The van der Waals surface area contributed by atoms with Crippen LogP contribution >= 0.6 is 0 Å². The van der Waals surface area contributed by atoms with Crippen LogP contribution in [0.3, 0.4) is 0 Å². The molecule has 0 aromatic carbocycles. The van der Waals surface area contributed by atoms with E-state index in [1.54, 1.807) is 0 Å². The molecule has 5 nitrogen and oxygen atoms in total. The summed E-state index contributed by atoms with van der Waals surface area (Å²) in [5.41, 5.74) is 0.107. The predicted octanol–water partition coefficient (Wildman–Crippen LogP) is 4.48. The first-order valence-corrected chi connectivity index (χ1v) is 11.6. The number of carbonyl (C=O) groups excluding carboxylic acids is 2. The molecule has 0 radical (unpaired) electrons. The first kappa shape index (κ1) is 22.6. The molecule has 0 amide bonds. The fourth-order valence-electron chi connectivity index (χ4n) is 6.28. The molecule has 1 N–H and O–H groups in total. The third kappa shape index (κ3) is 5.53. The average Bonchev–Trinajstić information content (AvgIpc) is 2.92. The minimum atomic E-state index is -0.0427. The van der Waals surface area contributed by atoms with Gasteiger partial charge in [0.2, 0.25) is 0 Å². The van der Waals surface area contributed by atoms with Crippen molar-refractivity contribution in [3.8, 4) is 0 Å². The van der Waals surface area contributed by atoms with Gasteiger partial charge in [0.1, 0.15) is 0 Å². The van der Waals surface area contributed by atoms with Crippen molar-refractivity contribution in [2.45, 2.75) is 96.6 Å². The molecular formula is C24H41NO4. The summed E-state index contributed by atoms with van der Waals surface area (Å²) in [5.74, 6) is 1.92. The van der Waals surface area contributed by atoms with Crippen LogP contribution in [0, 0.1) is 29.6 Å². The zero-order valence-electron chi connectivity index (χ0n) is 19.1. The van der Waals surface area contributed by atoms with Gasteiger partial charge >= 0.3 is 11.9 Å². The number of hydrogen-bond acceptors (Lipinski definition) is 5. The highest BCUT2D eigenvalue weighted by Crippen LogP contribution is 2.42. The van der Waals surface area contributed by atoms with Gasteiger partial charge in [-0.2, -0.15) is 0 Å². The van der Waals surface area contributed by atoms with Crippen molar-refractivity contribution >= 4 is 11.9 Å². The zero-order valence-corrected chi connectivity index (χ0v) is 19.1. The Morgan fingerprint density at radius 2 is 1.31 bits per heavy atom. The Bertz CT molecular complexity index is 584. The lowest BCUT2D eigenvalue weighted by Gasteiger charge is -2.37. The summed E-state index contributed by atoms with van der Waals surface area (Å²) in [6, 6.07) is 0. The predicted molar refractivity (Wildman–Crippen MR) is 113 cm³/mol. The fourth-order valence-corrected chi connectivity index (χ4v) is 6.28. The van der Waals surface area contributed by atoms with E-state index in [2.05, 4.69) is 33.0 Å². The highest BCUT2D eigenvalue weighted by Gasteiger charge is 2.44. The molecule has 0 aromatic heterocycles. The van der Waals surface area contributed by atoms with Crippen LogP contribution in [0.15, 0.2) is 0 Å². The van der Waals surface area contributed by atoms with Gasteiger partial charge in [-0.15, -0.1) is 0 Å². The Kier molecular flexibility index (Phi) is 6.97. The Balaban J connectivity index is 1.39. The Morgan fingerprint density at radius 3 is 1.72 bits per heavy atom. The van der Waals surface area contributed by atoms with Crippen LogP contribution in [-0.4, -0.2) is 36.7 Å². The van der Waals surface area contributed by atoms with Gasteiger partial charge in [0.15, 0.2) is 0 Å². The van der Waals surface area contributed by atoms with E-state index in [1.165, 1.54) is 7.11 Å². The van der Waals surface area contributed by atoms with E-state index in [1.807, 2.05) is 0 Å². The van der Waals surface area contributed by atoms with E-state index in [4.69, 9.17) is 9.47 Å². The van der Waals surface area contributed by atoms with Gasteiger partial charge in [0.05, 0.1) is 25.6 Å². The zero-order chi connectivity index (χ0) is 21.2. The van der Waals surface area contributed by atoms with E-state index >= 15 is 0 Å². The molecule has 1 saturated heterocycles. The maximum absolute atomic E-state index is 12.7. The van der Waals surface area contributed by atoms with E-state index in [-0.39, 0.29) is 34.9 Å². The minimum absolute atomic E-state index is 0.00445. The molecule has 166 valence electrons. The summed E-state index contributed by atoms with van der Waals surface area (Å²) in [7, 11) is 1.49. The molecule has 3 aliphatic rings. The molecule has 1 unspecified atom stereocenters. The van der Waals surface area contributed by atoms with Gasteiger partial charge in [0, 0.05) is 17.0 Å². The van der Waals surface area contributed by atoms with Crippen molar-refractivity contribution in [1.82, 2.24) is 5.32 Å². The van der Waals surface area contributed by atoms with Crippen LogP contribution in [0.5, 0.6) is 0 Å². The second kappa shape index (κ2) is 8.95. The van der Waals surface area contributed by atoms with Crippen molar-refractivity contribution in [2.75, 3.05) is 13.7 Å². The van der Waals surface area contributed by atoms with Gasteiger partial charge in [0.25, 0.3) is 0 Å². The van der Waals surface area contributed by atoms with Gasteiger partial charge in [-0.3, -0.25) is 9.59 Å². The number of methoxy groups -OCH3 is 1. The van der Waals surface area contributed by atoms with Crippen molar-refractivity contribution in [2.24, 2.45) is 29.6 Å². The molecule has 5 heteroatoms. The lowest BCUT2D eigenvalue weighted by Crippen LogP contribution is -2.46. The number of nitrogens with one attached hydrogen (secondary N) is 1. The highest BCUT2D eigenvalue weighted by molar-refractivity contribution is 5.72. The molecule has 0 spiro atoms. The average molecular weight is 408 g/mol. The van der Waals surface area contributed by atoms with E-state index < -0.39 is 0 Å². The van der Waals surface area contributed by atoms with E-state index in [9.17, 15) is 9.59 Å². The van der Waals surface area contributed by atoms with Crippen LogP contribution in [0.2, 0.25) is 0 Å². The molecule has 29 heavy (non-hydrogen) atoms. The van der Waals surface area contributed by atoms with Gasteiger partial charge in [-0.05, 0) is 97.3 Å². The minimum Gasteiger partial charge on any atom is -0.469 e. The summed E-state index contributed by atoms with van der Waals surface area (Å²) in [4.78, 5) is 24.4. The number of ether oxygens (including phenoxy) is 2. The van der Waals surface area contributed by atoms with Crippen LogP contribution in [0.4, 0.5) is 0 Å². The van der Waals surface area contributed by atoms with Crippen LogP contribution in [0.1, 0.15) is 85.5 Å². The lowest BCUT2D eigenvalue weighted by molar-refractivity contribution is -0.152. The Morgan fingerprint density at radius 1 is 0.828 bits per heavy atom. The first-order valence-electron chi connectivity index (χ1n) is 11.6. The second-order valence-electron chi connectivity index (χ2n) is 11.0. The van der Waals surface area contributed by atoms with Crippen molar-refractivity contribution < 1.29 is 19.1 Å². The van der Waals surface area contributed by atoms with E-state index in [0.717, 1.165) is 57.8 Å². The monoisotopic (exact) mass is 407 g/mol. The lowest BCUT2D eigenvalue weighted by atomic mass is 9.69. The molecule has 1 aliphatic heterocycles. The smallest absolute Gasteiger partial charge is 0.308 e. The maximum atomic E-state index is 12.7. The summed E-state index contributed by atoms with van der Waals surface area (Å²) in [6.07, 6.45) is 9.36. The molecule has 0 bridgehead atoms. The fraction of sp³-hybridized carbons (Fsp3) is 0.917. The van der Waals surface area contributed by atoms with Crippen molar-refractivity contribution in [3.05, 3.63) is 0 Å². The molecule has 1 atom stereocenters. The van der Waals surface area contributed by atoms with Gasteiger partial charge < -0.3 is 14.8 Å². The summed E-state index contributed by atoms with van der Waals surface area (Å²) < 4.78 is 10.7. The third-order valence-corrected chi connectivity index (χ3v) is 7.94. The number of rotatable bonds is 5. The van der Waals surface area contributed by atoms with Crippen LogP contribution in [0.25, 0.3) is 0 Å². The van der Waals surface area contributed by atoms with Gasteiger partial charge in [-0.25, -0.2) is 0 Å². The molecule has 0 aromatic rings.